The molecule has 2 aromatic rings. The number of nitrogens with one attached hydrogen (secondary N) is 1. The maximum absolute atomic E-state index is 12.3. The fraction of sp³-hybridized carbons (Fsp3) is 0.188. The average Bonchev–Trinajstić information content (AvgIpc) is 2.50. The fourth-order valence-corrected chi connectivity index (χ4v) is 3.25. The van der Waals surface area contributed by atoms with Gasteiger partial charge in [0.05, 0.1) is 10.2 Å². The molecule has 0 saturated carbocycles. The molecule has 0 fully saturated rings. The van der Waals surface area contributed by atoms with Crippen molar-refractivity contribution in [1.29, 1.82) is 0 Å². The second-order valence-electron chi connectivity index (χ2n) is 4.96. The fourth-order valence-electron chi connectivity index (χ4n) is 1.91. The highest BCUT2D eigenvalue weighted by Crippen LogP contribution is 2.27. The van der Waals surface area contributed by atoms with Crippen LogP contribution in [0.15, 0.2) is 51.8 Å². The molecule has 0 spiro atoms. The summed E-state index contributed by atoms with van der Waals surface area (Å²) in [5, 5.41) is 13.2. The van der Waals surface area contributed by atoms with Gasteiger partial charge in [0.1, 0.15) is 0 Å². The zero-order chi connectivity index (χ0) is 17.0. The number of anilines is 1. The minimum Gasteiger partial charge on any atom is -0.325 e. The Labute approximate surface area is 146 Å². The molecule has 7 heteroatoms. The van der Waals surface area contributed by atoms with Gasteiger partial charge in [-0.05, 0) is 49.7 Å². The number of nitrogens with zero attached hydrogens (tertiary/aromatic N) is 1. The highest BCUT2D eigenvalue weighted by molar-refractivity contribution is 9.10. The summed E-state index contributed by atoms with van der Waals surface area (Å²) >= 11 is 4.74. The summed E-state index contributed by atoms with van der Waals surface area (Å²) in [6.07, 6.45) is 0. The van der Waals surface area contributed by atoms with Crippen molar-refractivity contribution >= 4 is 45.0 Å². The number of non-ortho nitro benzene ring substituents is 1. The molecule has 0 aromatic heterocycles. The van der Waals surface area contributed by atoms with Gasteiger partial charge in [0.2, 0.25) is 5.91 Å². The van der Waals surface area contributed by atoms with Crippen molar-refractivity contribution < 1.29 is 9.72 Å². The lowest BCUT2D eigenvalue weighted by Crippen LogP contribution is -2.22. The van der Waals surface area contributed by atoms with Gasteiger partial charge in [0, 0.05) is 27.2 Å². The molecule has 0 aliphatic rings. The Morgan fingerprint density at radius 2 is 1.91 bits per heavy atom. The van der Waals surface area contributed by atoms with Crippen molar-refractivity contribution in [2.24, 2.45) is 0 Å². The second-order valence-corrected chi connectivity index (χ2v) is 7.29. The Morgan fingerprint density at radius 1 is 1.26 bits per heavy atom. The molecule has 1 atom stereocenters. The number of hydrogen-bond acceptors (Lipinski definition) is 4. The Kier molecular flexibility index (Phi) is 5.79. The number of halogens is 1. The summed E-state index contributed by atoms with van der Waals surface area (Å²) in [6, 6.07) is 11.8. The number of hydrogen-bond donors (Lipinski definition) is 1. The van der Waals surface area contributed by atoms with E-state index in [1.165, 1.54) is 23.9 Å². The molecule has 23 heavy (non-hydrogen) atoms. The van der Waals surface area contributed by atoms with Crippen molar-refractivity contribution in [3.05, 3.63) is 62.6 Å². The van der Waals surface area contributed by atoms with E-state index in [4.69, 9.17) is 0 Å². The van der Waals surface area contributed by atoms with Gasteiger partial charge in [-0.15, -0.1) is 11.8 Å². The molecule has 1 unspecified atom stereocenters. The van der Waals surface area contributed by atoms with E-state index in [2.05, 4.69) is 21.2 Å². The van der Waals surface area contributed by atoms with Gasteiger partial charge < -0.3 is 5.32 Å². The number of thioether (sulfide) groups is 1. The van der Waals surface area contributed by atoms with Crippen molar-refractivity contribution in [3.63, 3.8) is 0 Å². The Bertz CT molecular complexity index is 735. The summed E-state index contributed by atoms with van der Waals surface area (Å²) in [5.41, 5.74) is 1.78. The van der Waals surface area contributed by atoms with E-state index in [0.29, 0.717) is 0 Å². The third kappa shape index (κ3) is 4.80. The zero-order valence-corrected chi connectivity index (χ0v) is 15.0. The summed E-state index contributed by atoms with van der Waals surface area (Å²) < 4.78 is 0.960. The first-order valence-corrected chi connectivity index (χ1v) is 8.52. The van der Waals surface area contributed by atoms with Gasteiger partial charge >= 0.3 is 0 Å². The molecule has 0 aliphatic carbocycles. The third-order valence-electron chi connectivity index (χ3n) is 3.18. The molecule has 120 valence electrons. The van der Waals surface area contributed by atoms with E-state index in [-0.39, 0.29) is 16.8 Å². The highest BCUT2D eigenvalue weighted by atomic mass is 79.9. The van der Waals surface area contributed by atoms with Crippen molar-refractivity contribution in [2.75, 3.05) is 5.32 Å². The summed E-state index contributed by atoms with van der Waals surface area (Å²) in [7, 11) is 0. The van der Waals surface area contributed by atoms with Crippen LogP contribution in [0.3, 0.4) is 0 Å². The molecule has 0 saturated heterocycles. The third-order valence-corrected chi connectivity index (χ3v) is 4.78. The Hall–Kier alpha value is -1.86. The van der Waals surface area contributed by atoms with Crippen LogP contribution in [0.25, 0.3) is 0 Å². The molecule has 0 heterocycles. The average molecular weight is 395 g/mol. The zero-order valence-electron chi connectivity index (χ0n) is 12.6. The van der Waals surface area contributed by atoms with E-state index < -0.39 is 4.92 Å². The molecule has 1 amide bonds. The lowest BCUT2D eigenvalue weighted by molar-refractivity contribution is -0.384. The second kappa shape index (κ2) is 7.61. The maximum Gasteiger partial charge on any atom is 0.269 e. The first kappa shape index (κ1) is 17.5. The predicted octanol–water partition coefficient (Wildman–Crippen LogP) is 4.79. The maximum atomic E-state index is 12.3. The van der Waals surface area contributed by atoms with Crippen LogP contribution in [-0.2, 0) is 4.79 Å². The van der Waals surface area contributed by atoms with E-state index in [9.17, 15) is 14.9 Å². The predicted molar refractivity (Wildman–Crippen MR) is 95.9 cm³/mol. The van der Waals surface area contributed by atoms with Crippen LogP contribution in [0, 0.1) is 17.0 Å². The molecule has 0 aliphatic heterocycles. The van der Waals surface area contributed by atoms with Gasteiger partial charge in [-0.2, -0.15) is 0 Å². The van der Waals surface area contributed by atoms with Crippen LogP contribution in [0.5, 0.6) is 0 Å². The molecular formula is C16H15BrN2O3S. The summed E-state index contributed by atoms with van der Waals surface area (Å²) in [6.45, 7) is 3.73. The molecule has 0 bridgehead atoms. The number of amides is 1. The number of carbonyl (C=O) groups is 1. The molecule has 2 rings (SSSR count). The van der Waals surface area contributed by atoms with Gasteiger partial charge in [0.15, 0.2) is 0 Å². The summed E-state index contributed by atoms with van der Waals surface area (Å²) in [5.74, 6) is -0.112. The number of nitro benzene ring substituents is 1. The molecule has 1 N–H and O–H groups in total. The number of aryl methyl sites for hydroxylation is 1. The number of benzene rings is 2. The van der Waals surface area contributed by atoms with E-state index in [0.717, 1.165) is 20.6 Å². The minimum absolute atomic E-state index is 0.0388. The van der Waals surface area contributed by atoms with Gasteiger partial charge in [-0.1, -0.05) is 15.9 Å². The molecule has 0 radical (unpaired) electrons. The quantitative estimate of drug-likeness (QED) is 0.449. The summed E-state index contributed by atoms with van der Waals surface area (Å²) in [4.78, 5) is 23.3. The van der Waals surface area contributed by atoms with Crippen LogP contribution in [0.2, 0.25) is 0 Å². The van der Waals surface area contributed by atoms with Gasteiger partial charge in [-0.25, -0.2) is 0 Å². The van der Waals surface area contributed by atoms with Crippen LogP contribution >= 0.6 is 27.7 Å². The molecule has 2 aromatic carbocycles. The monoisotopic (exact) mass is 394 g/mol. The SMILES string of the molecule is Cc1cc(Br)ccc1NC(=O)C(C)Sc1ccc([N+](=O)[O-])cc1. The van der Waals surface area contributed by atoms with Crippen LogP contribution in [-0.4, -0.2) is 16.1 Å². The Morgan fingerprint density at radius 3 is 2.48 bits per heavy atom. The van der Waals surface area contributed by atoms with E-state index in [1.807, 2.05) is 25.1 Å². The van der Waals surface area contributed by atoms with Crippen molar-refractivity contribution in [3.8, 4) is 0 Å². The first-order valence-electron chi connectivity index (χ1n) is 6.85. The van der Waals surface area contributed by atoms with Crippen molar-refractivity contribution in [2.45, 2.75) is 24.0 Å². The van der Waals surface area contributed by atoms with Crippen LogP contribution < -0.4 is 5.32 Å². The largest absolute Gasteiger partial charge is 0.325 e. The molecular weight excluding hydrogens is 380 g/mol. The molecule has 5 nitrogen and oxygen atoms in total. The lowest BCUT2D eigenvalue weighted by Gasteiger charge is -2.13. The topological polar surface area (TPSA) is 72.2 Å². The van der Waals surface area contributed by atoms with E-state index >= 15 is 0 Å². The van der Waals surface area contributed by atoms with Crippen molar-refractivity contribution in [1.82, 2.24) is 0 Å². The smallest absolute Gasteiger partial charge is 0.269 e. The standard InChI is InChI=1S/C16H15BrN2O3S/c1-10-9-12(17)3-8-15(10)18-16(20)11(2)23-14-6-4-13(5-7-14)19(21)22/h3-9,11H,1-2H3,(H,18,20). The lowest BCUT2D eigenvalue weighted by atomic mass is 10.2. The number of rotatable bonds is 5. The highest BCUT2D eigenvalue weighted by Gasteiger charge is 2.16. The number of nitro groups is 1. The van der Waals surface area contributed by atoms with E-state index in [1.54, 1.807) is 19.1 Å². The Balaban J connectivity index is 2.00. The number of carbonyl (C=O) groups excluding carboxylic acids is 1. The van der Waals surface area contributed by atoms with Crippen LogP contribution in [0.4, 0.5) is 11.4 Å². The first-order chi connectivity index (χ1) is 10.9. The minimum atomic E-state index is -0.444. The normalized spacial score (nSPS) is 11.8. The van der Waals surface area contributed by atoms with Gasteiger partial charge in [0.25, 0.3) is 5.69 Å². The van der Waals surface area contributed by atoms with Crippen LogP contribution in [0.1, 0.15) is 12.5 Å². The van der Waals surface area contributed by atoms with Gasteiger partial charge in [-0.3, -0.25) is 14.9 Å².